The van der Waals surface area contributed by atoms with E-state index in [1.165, 1.54) is 11.9 Å². The molecule has 1 fully saturated rings. The fraction of sp³-hybridized carbons (Fsp3) is 0.440. The number of hydrogen-bond acceptors (Lipinski definition) is 7. The van der Waals surface area contributed by atoms with Gasteiger partial charge in [-0.25, -0.2) is 0 Å². The Kier molecular flexibility index (Phi) is 5.84. The molecule has 0 saturated carbocycles. The molecule has 0 radical (unpaired) electrons. The lowest BCUT2D eigenvalue weighted by Crippen LogP contribution is -2.35. The number of anilines is 2. The molecule has 1 aromatic carbocycles. The summed E-state index contributed by atoms with van der Waals surface area (Å²) in [6, 6.07) is 6.50. The highest BCUT2D eigenvalue weighted by Gasteiger charge is 2.34. The molecule has 9 nitrogen and oxygen atoms in total. The van der Waals surface area contributed by atoms with Crippen molar-refractivity contribution in [2.24, 2.45) is 10.7 Å². The van der Waals surface area contributed by atoms with Crippen LogP contribution in [0.2, 0.25) is 0 Å². The minimum Gasteiger partial charge on any atom is -0.404 e. The first-order valence-electron chi connectivity index (χ1n) is 11.7. The molecule has 9 heteroatoms. The van der Waals surface area contributed by atoms with Gasteiger partial charge in [-0.2, -0.15) is 10.4 Å². The van der Waals surface area contributed by atoms with Crippen molar-refractivity contribution in [3.05, 3.63) is 46.3 Å². The van der Waals surface area contributed by atoms with Crippen LogP contribution in [0.4, 0.5) is 11.5 Å². The van der Waals surface area contributed by atoms with E-state index < -0.39 is 0 Å². The van der Waals surface area contributed by atoms with Crippen LogP contribution in [0, 0.1) is 11.3 Å². The lowest BCUT2D eigenvalue weighted by Gasteiger charge is -2.28. The van der Waals surface area contributed by atoms with Crippen molar-refractivity contribution in [3.8, 4) is 6.07 Å². The maximum absolute atomic E-state index is 12.2. The molecule has 4 heterocycles. The zero-order valence-electron chi connectivity index (χ0n) is 19.6. The average Bonchev–Trinajstić information content (AvgIpc) is 3.59. The summed E-state index contributed by atoms with van der Waals surface area (Å²) in [5, 5.41) is 14.9. The van der Waals surface area contributed by atoms with Crippen LogP contribution in [0.15, 0.2) is 23.3 Å². The Morgan fingerprint density at radius 1 is 1.35 bits per heavy atom. The molecular weight excluding hydrogens is 430 g/mol. The van der Waals surface area contributed by atoms with Gasteiger partial charge in [0.25, 0.3) is 0 Å². The largest absolute Gasteiger partial charge is 0.404 e. The molecule has 1 amide bonds. The first-order valence-corrected chi connectivity index (χ1v) is 11.7. The number of benzene rings is 1. The third kappa shape index (κ3) is 3.64. The van der Waals surface area contributed by atoms with E-state index in [-0.39, 0.29) is 11.9 Å². The van der Waals surface area contributed by atoms with E-state index in [0.717, 1.165) is 60.6 Å². The van der Waals surface area contributed by atoms with Crippen LogP contribution in [0.25, 0.3) is 5.57 Å². The van der Waals surface area contributed by atoms with Crippen LogP contribution < -0.4 is 10.6 Å². The van der Waals surface area contributed by atoms with Crippen molar-refractivity contribution in [1.29, 1.82) is 5.26 Å². The zero-order valence-corrected chi connectivity index (χ0v) is 19.6. The number of nitrogens with zero attached hydrogens (tertiary/aromatic N) is 6. The summed E-state index contributed by atoms with van der Waals surface area (Å²) in [4.78, 5) is 20.4. The molecule has 0 bridgehead atoms. The fourth-order valence-electron chi connectivity index (χ4n) is 5.26. The van der Waals surface area contributed by atoms with Crippen LogP contribution in [0.1, 0.15) is 47.3 Å². The van der Waals surface area contributed by atoms with Gasteiger partial charge in [-0.1, -0.05) is 0 Å². The SMILES string of the molecule is CN=CC(=CN)c1cc2c(cc1C#N)CCN2c1nn(C2CCOC2)c2c1CN(C(C)=O)CC2. The van der Waals surface area contributed by atoms with Crippen LogP contribution in [-0.4, -0.2) is 60.2 Å². The smallest absolute Gasteiger partial charge is 0.219 e. The molecule has 1 unspecified atom stereocenters. The Morgan fingerprint density at radius 2 is 2.21 bits per heavy atom. The van der Waals surface area contributed by atoms with E-state index in [1.54, 1.807) is 20.2 Å². The topological polar surface area (TPSA) is 113 Å². The molecule has 34 heavy (non-hydrogen) atoms. The van der Waals surface area contributed by atoms with Crippen molar-refractivity contribution in [2.45, 2.75) is 38.8 Å². The zero-order chi connectivity index (χ0) is 23.8. The molecule has 3 aliphatic rings. The number of amides is 1. The molecule has 1 atom stereocenters. The quantitative estimate of drug-likeness (QED) is 0.702. The van der Waals surface area contributed by atoms with Crippen LogP contribution in [0.3, 0.4) is 0 Å². The fourth-order valence-corrected chi connectivity index (χ4v) is 5.26. The molecule has 2 N–H and O–H groups in total. The molecular formula is C25H29N7O2. The minimum absolute atomic E-state index is 0.0768. The molecule has 1 saturated heterocycles. The van der Waals surface area contributed by atoms with Gasteiger partial charge in [0.2, 0.25) is 5.91 Å². The van der Waals surface area contributed by atoms with Crippen molar-refractivity contribution in [2.75, 3.05) is 38.3 Å². The maximum atomic E-state index is 12.2. The monoisotopic (exact) mass is 459 g/mol. The Bertz CT molecular complexity index is 1230. The number of nitrogens with two attached hydrogens (primary N) is 1. The van der Waals surface area contributed by atoms with Gasteiger partial charge in [-0.3, -0.25) is 14.5 Å². The predicted octanol–water partition coefficient (Wildman–Crippen LogP) is 2.32. The summed E-state index contributed by atoms with van der Waals surface area (Å²) >= 11 is 0. The van der Waals surface area contributed by atoms with Gasteiger partial charge in [0.1, 0.15) is 0 Å². The average molecular weight is 460 g/mol. The van der Waals surface area contributed by atoms with Crippen LogP contribution in [0.5, 0.6) is 0 Å². The van der Waals surface area contributed by atoms with Gasteiger partial charge in [0.15, 0.2) is 5.82 Å². The first-order chi connectivity index (χ1) is 16.5. The predicted molar refractivity (Wildman–Crippen MR) is 130 cm³/mol. The van der Waals surface area contributed by atoms with E-state index in [2.05, 4.69) is 20.6 Å². The summed E-state index contributed by atoms with van der Waals surface area (Å²) in [6.07, 6.45) is 5.69. The van der Waals surface area contributed by atoms with Gasteiger partial charge in [0, 0.05) is 80.6 Å². The van der Waals surface area contributed by atoms with Crippen LogP contribution >= 0.6 is 0 Å². The van der Waals surface area contributed by atoms with Crippen molar-refractivity contribution < 1.29 is 9.53 Å². The second-order valence-electron chi connectivity index (χ2n) is 8.95. The van der Waals surface area contributed by atoms with E-state index in [4.69, 9.17) is 15.6 Å². The van der Waals surface area contributed by atoms with Crippen molar-refractivity contribution >= 4 is 29.2 Å². The molecule has 3 aliphatic heterocycles. The number of ether oxygens (including phenoxy) is 1. The van der Waals surface area contributed by atoms with Gasteiger partial charge in [-0.15, -0.1) is 0 Å². The highest BCUT2D eigenvalue weighted by atomic mass is 16.5. The van der Waals surface area contributed by atoms with E-state index in [1.807, 2.05) is 17.0 Å². The normalized spacial score (nSPS) is 20.0. The second-order valence-corrected chi connectivity index (χ2v) is 8.95. The van der Waals surface area contributed by atoms with E-state index in [0.29, 0.717) is 30.8 Å². The molecule has 176 valence electrons. The maximum Gasteiger partial charge on any atom is 0.219 e. The van der Waals surface area contributed by atoms with Crippen molar-refractivity contribution in [3.63, 3.8) is 0 Å². The molecule has 2 aromatic rings. The van der Waals surface area contributed by atoms with Crippen LogP contribution in [-0.2, 0) is 28.9 Å². The molecule has 5 rings (SSSR count). The number of carbonyl (C=O) groups excluding carboxylic acids is 1. The van der Waals surface area contributed by atoms with Gasteiger partial charge >= 0.3 is 0 Å². The number of aromatic nitrogens is 2. The number of allylic oxidation sites excluding steroid dienone is 1. The summed E-state index contributed by atoms with van der Waals surface area (Å²) in [5.74, 6) is 0.970. The Hall–Kier alpha value is -3.64. The first kappa shape index (κ1) is 22.2. The van der Waals surface area contributed by atoms with E-state index in [9.17, 15) is 10.1 Å². The molecule has 1 aromatic heterocycles. The van der Waals surface area contributed by atoms with Gasteiger partial charge in [-0.05, 0) is 30.5 Å². The number of nitriles is 1. The summed E-state index contributed by atoms with van der Waals surface area (Å²) in [7, 11) is 1.68. The summed E-state index contributed by atoms with van der Waals surface area (Å²) in [6.45, 7) is 5.05. The number of aliphatic imine (C=N–C) groups is 1. The number of rotatable bonds is 4. The summed E-state index contributed by atoms with van der Waals surface area (Å²) < 4.78 is 7.80. The van der Waals surface area contributed by atoms with E-state index >= 15 is 0 Å². The number of carbonyl (C=O) groups is 1. The highest BCUT2D eigenvalue weighted by Crippen LogP contribution is 2.41. The van der Waals surface area contributed by atoms with Gasteiger partial charge < -0.3 is 20.3 Å². The minimum atomic E-state index is 0.0768. The number of hydrogen-bond donors (Lipinski definition) is 1. The van der Waals surface area contributed by atoms with Crippen molar-refractivity contribution in [1.82, 2.24) is 14.7 Å². The molecule has 0 aliphatic carbocycles. The molecule has 0 spiro atoms. The Balaban J connectivity index is 1.62. The third-order valence-electron chi connectivity index (χ3n) is 7.01. The van der Waals surface area contributed by atoms with Gasteiger partial charge in [0.05, 0.1) is 30.8 Å². The third-order valence-corrected chi connectivity index (χ3v) is 7.01. The summed E-state index contributed by atoms with van der Waals surface area (Å²) in [5.41, 5.74) is 12.3. The standard InChI is InChI=1S/C25H29N7O2/c1-16(33)30-6-4-23-22(14-30)25(29-32(23)20-5-8-34-15-20)31-7-3-17-9-18(11-26)21(10-24(17)31)19(12-27)13-28-2/h9-10,12-13,20H,3-8,14-15,27H2,1-2H3. The lowest BCUT2D eigenvalue weighted by atomic mass is 9.97. The Morgan fingerprint density at radius 3 is 2.88 bits per heavy atom. The number of fused-ring (bicyclic) bond motifs is 2. The Labute approximate surface area is 199 Å². The second kappa shape index (κ2) is 8.95. The lowest BCUT2D eigenvalue weighted by molar-refractivity contribution is -0.129. The highest BCUT2D eigenvalue weighted by molar-refractivity contribution is 6.11.